The van der Waals surface area contributed by atoms with Crippen LogP contribution in [0.3, 0.4) is 0 Å². The zero-order valence-electron chi connectivity index (χ0n) is 23.0. The maximum absolute atomic E-state index is 13.2. The maximum Gasteiger partial charge on any atom is 0.410 e. The van der Waals surface area contributed by atoms with Crippen molar-refractivity contribution < 1.29 is 27.4 Å². The van der Waals surface area contributed by atoms with Crippen LogP contribution in [-0.4, -0.2) is 66.3 Å². The molecule has 2 aromatic carbocycles. The molecule has 1 aliphatic rings. The van der Waals surface area contributed by atoms with Crippen LogP contribution < -0.4 is 0 Å². The second-order valence-electron chi connectivity index (χ2n) is 10.7. The third-order valence-corrected chi connectivity index (χ3v) is 7.37. The molecule has 2 atom stereocenters. The summed E-state index contributed by atoms with van der Waals surface area (Å²) in [5, 5.41) is 4.71. The molecule has 2 heterocycles. The fourth-order valence-corrected chi connectivity index (χ4v) is 5.18. The van der Waals surface area contributed by atoms with Gasteiger partial charge in [0.15, 0.2) is 21.5 Å². The summed E-state index contributed by atoms with van der Waals surface area (Å²) in [6.45, 7) is 6.99. The first kappa shape index (κ1) is 28.7. The Kier molecular flexibility index (Phi) is 8.73. The number of hydrogen-bond acceptors (Lipinski definition) is 8. The average Bonchev–Trinajstić information content (AvgIpc) is 3.48. The van der Waals surface area contributed by atoms with Crippen LogP contribution in [-0.2, 0) is 37.3 Å². The van der Waals surface area contributed by atoms with Crippen molar-refractivity contribution in [3.63, 3.8) is 0 Å². The Morgan fingerprint density at radius 1 is 1.05 bits per heavy atom. The molecule has 1 saturated heterocycles. The third kappa shape index (κ3) is 7.43. The Balaban J connectivity index is 1.68. The first-order chi connectivity index (χ1) is 18.4. The lowest BCUT2D eigenvalue weighted by Crippen LogP contribution is -2.37. The van der Waals surface area contributed by atoms with Crippen LogP contribution in [0.2, 0.25) is 0 Å². The van der Waals surface area contributed by atoms with E-state index in [1.54, 1.807) is 28.8 Å². The van der Waals surface area contributed by atoms with E-state index in [1.165, 1.54) is 12.1 Å². The quantitative estimate of drug-likeness (QED) is 0.383. The van der Waals surface area contributed by atoms with Gasteiger partial charge in [0.1, 0.15) is 12.2 Å². The number of carbonyl (C=O) groups is 1. The second kappa shape index (κ2) is 11.8. The van der Waals surface area contributed by atoms with E-state index in [2.05, 4.69) is 0 Å². The van der Waals surface area contributed by atoms with Crippen molar-refractivity contribution in [1.82, 2.24) is 19.7 Å². The summed E-state index contributed by atoms with van der Waals surface area (Å²) < 4.78 is 42.7. The van der Waals surface area contributed by atoms with Gasteiger partial charge in [-0.2, -0.15) is 0 Å². The van der Waals surface area contributed by atoms with E-state index in [0.717, 1.165) is 11.8 Å². The molecule has 0 radical (unpaired) electrons. The molecule has 0 N–H and O–H groups in total. The number of sulfone groups is 1. The molecule has 3 aromatic rings. The number of methoxy groups -OCH3 is 1. The normalized spacial score (nSPS) is 17.9. The van der Waals surface area contributed by atoms with Gasteiger partial charge in [-0.1, -0.05) is 30.3 Å². The SMILES string of the molecule is COC[C@H]1C[C@@H](c2nc(COCc3ccccc3)nn2-c2ccc(S(C)(=O)=O)cc2)N(C(=O)OC(C)(C)C)C1. The van der Waals surface area contributed by atoms with E-state index in [4.69, 9.17) is 24.3 Å². The minimum atomic E-state index is -3.36. The van der Waals surface area contributed by atoms with Crippen molar-refractivity contribution in [1.29, 1.82) is 0 Å². The van der Waals surface area contributed by atoms with Gasteiger partial charge in [0.2, 0.25) is 0 Å². The van der Waals surface area contributed by atoms with Crippen LogP contribution in [0, 0.1) is 5.92 Å². The van der Waals surface area contributed by atoms with E-state index in [0.29, 0.717) is 43.5 Å². The zero-order chi connectivity index (χ0) is 28.2. The van der Waals surface area contributed by atoms with Gasteiger partial charge >= 0.3 is 6.09 Å². The monoisotopic (exact) mass is 556 g/mol. The molecule has 210 valence electrons. The molecule has 1 fully saturated rings. The van der Waals surface area contributed by atoms with Crippen molar-refractivity contribution in [2.45, 2.75) is 56.9 Å². The molecule has 39 heavy (non-hydrogen) atoms. The van der Waals surface area contributed by atoms with Gasteiger partial charge in [0.05, 0.1) is 29.8 Å². The van der Waals surface area contributed by atoms with Gasteiger partial charge in [-0.25, -0.2) is 22.9 Å². The summed E-state index contributed by atoms with van der Waals surface area (Å²) in [4.78, 5) is 19.9. The highest BCUT2D eigenvalue weighted by molar-refractivity contribution is 7.90. The van der Waals surface area contributed by atoms with Crippen LogP contribution >= 0.6 is 0 Å². The number of rotatable bonds is 9. The van der Waals surface area contributed by atoms with E-state index in [-0.39, 0.29) is 17.4 Å². The van der Waals surface area contributed by atoms with Crippen molar-refractivity contribution in [2.75, 3.05) is 26.5 Å². The fraction of sp³-hybridized carbons (Fsp3) is 0.464. The van der Waals surface area contributed by atoms with Gasteiger partial charge in [-0.05, 0) is 57.0 Å². The molecule has 0 aliphatic carbocycles. The predicted molar refractivity (Wildman–Crippen MR) is 145 cm³/mol. The molecule has 0 spiro atoms. The molecule has 10 nitrogen and oxygen atoms in total. The number of ether oxygens (including phenoxy) is 3. The predicted octanol–water partition coefficient (Wildman–Crippen LogP) is 4.33. The third-order valence-electron chi connectivity index (χ3n) is 6.24. The molecular weight excluding hydrogens is 520 g/mol. The lowest BCUT2D eigenvalue weighted by atomic mass is 10.1. The summed E-state index contributed by atoms with van der Waals surface area (Å²) >= 11 is 0. The lowest BCUT2D eigenvalue weighted by molar-refractivity contribution is 0.0206. The van der Waals surface area contributed by atoms with Crippen molar-refractivity contribution >= 4 is 15.9 Å². The Morgan fingerprint density at radius 2 is 1.74 bits per heavy atom. The van der Waals surface area contributed by atoms with Crippen LogP contribution in [0.1, 0.15) is 50.4 Å². The molecule has 0 unspecified atom stereocenters. The number of benzene rings is 2. The number of amides is 1. The van der Waals surface area contributed by atoms with E-state index >= 15 is 0 Å². The summed E-state index contributed by atoms with van der Waals surface area (Å²) in [6.07, 6.45) is 1.34. The van der Waals surface area contributed by atoms with Crippen molar-refractivity contribution in [2.24, 2.45) is 5.92 Å². The van der Waals surface area contributed by atoms with Gasteiger partial charge in [0, 0.05) is 25.8 Å². The molecule has 1 amide bonds. The second-order valence-corrected chi connectivity index (χ2v) is 12.8. The summed E-state index contributed by atoms with van der Waals surface area (Å²) in [5.41, 5.74) is 0.994. The smallest absolute Gasteiger partial charge is 0.410 e. The summed E-state index contributed by atoms with van der Waals surface area (Å²) in [5.74, 6) is 1.08. The van der Waals surface area contributed by atoms with Crippen LogP contribution in [0.5, 0.6) is 0 Å². The van der Waals surface area contributed by atoms with Gasteiger partial charge < -0.3 is 14.2 Å². The standard InChI is InChI=1S/C28H36N4O6S/c1-28(2,3)38-27(33)31-16-21(17-36-4)15-24(31)26-29-25(19-37-18-20-9-7-6-8-10-20)30-32(26)22-11-13-23(14-12-22)39(5,34)35/h6-14,21,24H,15-19H2,1-5H3/t21-,24-/m0/s1. The Labute approximate surface area is 229 Å². The van der Waals surface area contributed by atoms with Gasteiger partial charge in [-0.15, -0.1) is 5.10 Å². The zero-order valence-corrected chi connectivity index (χ0v) is 23.8. The molecular formula is C28H36N4O6S. The van der Waals surface area contributed by atoms with Crippen LogP contribution in [0.15, 0.2) is 59.5 Å². The highest BCUT2D eigenvalue weighted by Gasteiger charge is 2.41. The van der Waals surface area contributed by atoms with E-state index in [9.17, 15) is 13.2 Å². The van der Waals surface area contributed by atoms with E-state index in [1.807, 2.05) is 51.1 Å². The molecule has 0 bridgehead atoms. The molecule has 11 heteroatoms. The van der Waals surface area contributed by atoms with Crippen LogP contribution in [0.25, 0.3) is 5.69 Å². The minimum absolute atomic E-state index is 0.0862. The van der Waals surface area contributed by atoms with Crippen LogP contribution in [0.4, 0.5) is 4.79 Å². The first-order valence-corrected chi connectivity index (χ1v) is 14.7. The largest absolute Gasteiger partial charge is 0.444 e. The highest BCUT2D eigenvalue weighted by atomic mass is 32.2. The van der Waals surface area contributed by atoms with Gasteiger partial charge in [0.25, 0.3) is 0 Å². The lowest BCUT2D eigenvalue weighted by Gasteiger charge is -2.28. The van der Waals surface area contributed by atoms with E-state index < -0.39 is 27.6 Å². The number of aromatic nitrogens is 3. The van der Waals surface area contributed by atoms with Crippen molar-refractivity contribution in [3.05, 3.63) is 71.8 Å². The van der Waals surface area contributed by atoms with Gasteiger partial charge in [-0.3, -0.25) is 4.90 Å². The fourth-order valence-electron chi connectivity index (χ4n) is 4.55. The topological polar surface area (TPSA) is 113 Å². The Bertz CT molecular complexity index is 1370. The maximum atomic E-state index is 13.2. The Hall–Kier alpha value is -3.28. The number of carbonyl (C=O) groups excluding carboxylic acids is 1. The number of hydrogen-bond donors (Lipinski definition) is 0. The number of likely N-dealkylation sites (tertiary alicyclic amines) is 1. The summed E-state index contributed by atoms with van der Waals surface area (Å²) in [7, 11) is -1.72. The summed E-state index contributed by atoms with van der Waals surface area (Å²) in [6, 6.07) is 15.8. The molecule has 4 rings (SSSR count). The molecule has 1 aromatic heterocycles. The van der Waals surface area contributed by atoms with Crippen molar-refractivity contribution in [3.8, 4) is 5.69 Å². The molecule has 1 aliphatic heterocycles. The Morgan fingerprint density at radius 3 is 2.36 bits per heavy atom. The first-order valence-electron chi connectivity index (χ1n) is 12.8. The highest BCUT2D eigenvalue weighted by Crippen LogP contribution is 2.37. The average molecular weight is 557 g/mol. The molecule has 0 saturated carbocycles. The minimum Gasteiger partial charge on any atom is -0.444 e. The number of nitrogens with zero attached hydrogens (tertiary/aromatic N) is 4.